The molecule has 112 valence electrons. The van der Waals surface area contributed by atoms with Crippen molar-refractivity contribution in [2.75, 3.05) is 6.61 Å². The maximum atomic E-state index is 5.78. The SMILES string of the molecule is CCc1ccc(CC(CCC2CCCCO2)NN)cc1. The van der Waals surface area contributed by atoms with Crippen LogP contribution >= 0.6 is 0 Å². The van der Waals surface area contributed by atoms with Crippen LogP contribution in [0.5, 0.6) is 0 Å². The lowest BCUT2D eigenvalue weighted by molar-refractivity contribution is 0.00858. The molecule has 20 heavy (non-hydrogen) atoms. The van der Waals surface area contributed by atoms with Crippen LogP contribution in [0.1, 0.15) is 50.2 Å². The smallest absolute Gasteiger partial charge is 0.0575 e. The Morgan fingerprint density at radius 3 is 2.60 bits per heavy atom. The van der Waals surface area contributed by atoms with Gasteiger partial charge in [-0.3, -0.25) is 11.3 Å². The molecule has 0 aliphatic carbocycles. The van der Waals surface area contributed by atoms with E-state index in [1.165, 1.54) is 30.4 Å². The molecule has 0 amide bonds. The standard InChI is InChI=1S/C17H28N2O/c1-2-14-6-8-15(9-7-14)13-16(19-18)10-11-17-5-3-4-12-20-17/h6-9,16-17,19H,2-5,10-13,18H2,1H3. The number of hydrogen-bond acceptors (Lipinski definition) is 3. The van der Waals surface area contributed by atoms with Crippen molar-refractivity contribution in [1.82, 2.24) is 5.43 Å². The first-order valence-electron chi connectivity index (χ1n) is 7.97. The fourth-order valence-electron chi connectivity index (χ4n) is 2.86. The third-order valence-electron chi connectivity index (χ3n) is 4.26. The summed E-state index contributed by atoms with van der Waals surface area (Å²) in [5.74, 6) is 5.70. The summed E-state index contributed by atoms with van der Waals surface area (Å²) in [6.07, 6.45) is 8.47. The Morgan fingerprint density at radius 1 is 1.25 bits per heavy atom. The van der Waals surface area contributed by atoms with Gasteiger partial charge in [0.25, 0.3) is 0 Å². The molecule has 2 atom stereocenters. The highest BCUT2D eigenvalue weighted by Crippen LogP contribution is 2.19. The topological polar surface area (TPSA) is 47.3 Å². The van der Waals surface area contributed by atoms with Gasteiger partial charge in [-0.15, -0.1) is 0 Å². The zero-order chi connectivity index (χ0) is 14.2. The second-order valence-corrected chi connectivity index (χ2v) is 5.80. The van der Waals surface area contributed by atoms with Crippen molar-refractivity contribution in [3.8, 4) is 0 Å². The Bertz CT molecular complexity index is 371. The van der Waals surface area contributed by atoms with E-state index in [9.17, 15) is 0 Å². The lowest BCUT2D eigenvalue weighted by Gasteiger charge is -2.24. The molecule has 3 nitrogen and oxygen atoms in total. The van der Waals surface area contributed by atoms with Crippen LogP contribution in [0.4, 0.5) is 0 Å². The van der Waals surface area contributed by atoms with Crippen molar-refractivity contribution in [3.63, 3.8) is 0 Å². The van der Waals surface area contributed by atoms with E-state index in [2.05, 4.69) is 36.6 Å². The Morgan fingerprint density at radius 2 is 2.00 bits per heavy atom. The number of rotatable bonds is 7. The summed E-state index contributed by atoms with van der Waals surface area (Å²) >= 11 is 0. The van der Waals surface area contributed by atoms with Crippen LogP contribution in [0.3, 0.4) is 0 Å². The zero-order valence-corrected chi connectivity index (χ0v) is 12.6. The van der Waals surface area contributed by atoms with Crippen LogP contribution in [0.15, 0.2) is 24.3 Å². The maximum Gasteiger partial charge on any atom is 0.0575 e. The fourth-order valence-corrected chi connectivity index (χ4v) is 2.86. The monoisotopic (exact) mass is 276 g/mol. The van der Waals surface area contributed by atoms with Gasteiger partial charge in [0.15, 0.2) is 0 Å². The average molecular weight is 276 g/mol. The highest BCUT2D eigenvalue weighted by Gasteiger charge is 2.16. The van der Waals surface area contributed by atoms with E-state index in [-0.39, 0.29) is 0 Å². The van der Waals surface area contributed by atoms with Gasteiger partial charge in [-0.25, -0.2) is 0 Å². The van der Waals surface area contributed by atoms with E-state index in [0.29, 0.717) is 12.1 Å². The van der Waals surface area contributed by atoms with Gasteiger partial charge < -0.3 is 4.74 Å². The highest BCUT2D eigenvalue weighted by molar-refractivity contribution is 5.23. The molecule has 1 fully saturated rings. The minimum atomic E-state index is 0.341. The molecule has 0 bridgehead atoms. The summed E-state index contributed by atoms with van der Waals surface area (Å²) in [5.41, 5.74) is 5.71. The molecule has 2 unspecified atom stereocenters. The Hall–Kier alpha value is -0.900. The number of hydrogen-bond donors (Lipinski definition) is 2. The van der Waals surface area contributed by atoms with E-state index in [0.717, 1.165) is 32.3 Å². The first kappa shape index (κ1) is 15.5. The second-order valence-electron chi connectivity index (χ2n) is 5.80. The fraction of sp³-hybridized carbons (Fsp3) is 0.647. The molecule has 1 saturated heterocycles. The van der Waals surface area contributed by atoms with Crippen LogP contribution in [-0.4, -0.2) is 18.8 Å². The molecule has 2 rings (SSSR count). The van der Waals surface area contributed by atoms with Crippen molar-refractivity contribution in [3.05, 3.63) is 35.4 Å². The summed E-state index contributed by atoms with van der Waals surface area (Å²) in [6, 6.07) is 9.22. The van der Waals surface area contributed by atoms with Crippen molar-refractivity contribution in [1.29, 1.82) is 0 Å². The summed E-state index contributed by atoms with van der Waals surface area (Å²) in [6.45, 7) is 3.12. The molecule has 1 aromatic rings. The molecule has 3 heteroatoms. The van der Waals surface area contributed by atoms with Crippen LogP contribution in [0.25, 0.3) is 0 Å². The molecule has 0 aromatic heterocycles. The van der Waals surface area contributed by atoms with Crippen molar-refractivity contribution >= 4 is 0 Å². The molecule has 1 heterocycles. The van der Waals surface area contributed by atoms with Crippen LogP contribution in [0.2, 0.25) is 0 Å². The number of nitrogens with one attached hydrogen (secondary N) is 1. The van der Waals surface area contributed by atoms with Gasteiger partial charge in [0.2, 0.25) is 0 Å². The lowest BCUT2D eigenvalue weighted by atomic mass is 9.97. The Labute approximate surface area is 122 Å². The molecular formula is C17H28N2O. The molecule has 1 aromatic carbocycles. The normalized spacial score (nSPS) is 20.8. The number of ether oxygens (including phenoxy) is 1. The van der Waals surface area contributed by atoms with E-state index < -0.39 is 0 Å². The summed E-state index contributed by atoms with van der Waals surface area (Å²) in [7, 11) is 0. The quantitative estimate of drug-likeness (QED) is 0.594. The Kier molecular flexibility index (Phi) is 6.51. The summed E-state index contributed by atoms with van der Waals surface area (Å²) in [5, 5.41) is 0. The van der Waals surface area contributed by atoms with E-state index >= 15 is 0 Å². The lowest BCUT2D eigenvalue weighted by Crippen LogP contribution is -2.37. The van der Waals surface area contributed by atoms with Crippen molar-refractivity contribution in [2.24, 2.45) is 5.84 Å². The van der Waals surface area contributed by atoms with Crippen molar-refractivity contribution in [2.45, 2.75) is 64.0 Å². The summed E-state index contributed by atoms with van der Waals surface area (Å²) < 4.78 is 5.78. The molecule has 1 aliphatic heterocycles. The second kappa shape index (κ2) is 8.40. The van der Waals surface area contributed by atoms with E-state index in [1.807, 2.05) is 0 Å². The maximum absolute atomic E-state index is 5.78. The molecule has 0 spiro atoms. The van der Waals surface area contributed by atoms with Gasteiger partial charge >= 0.3 is 0 Å². The number of benzene rings is 1. The molecule has 0 saturated carbocycles. The minimum absolute atomic E-state index is 0.341. The first-order chi connectivity index (χ1) is 9.81. The van der Waals surface area contributed by atoms with Crippen LogP contribution in [-0.2, 0) is 17.6 Å². The van der Waals surface area contributed by atoms with E-state index in [4.69, 9.17) is 10.6 Å². The van der Waals surface area contributed by atoms with Gasteiger partial charge in [0.1, 0.15) is 0 Å². The predicted octanol–water partition coefficient (Wildman–Crippen LogP) is 2.97. The van der Waals surface area contributed by atoms with Gasteiger partial charge in [0, 0.05) is 12.6 Å². The van der Waals surface area contributed by atoms with Gasteiger partial charge in [0.05, 0.1) is 6.10 Å². The average Bonchev–Trinajstić information content (AvgIpc) is 2.53. The number of hydrazine groups is 1. The zero-order valence-electron chi connectivity index (χ0n) is 12.6. The van der Waals surface area contributed by atoms with E-state index in [1.54, 1.807) is 0 Å². The summed E-state index contributed by atoms with van der Waals surface area (Å²) in [4.78, 5) is 0. The largest absolute Gasteiger partial charge is 0.378 e. The molecule has 1 aliphatic rings. The molecule has 3 N–H and O–H groups in total. The molecule has 0 radical (unpaired) electrons. The Balaban J connectivity index is 1.78. The van der Waals surface area contributed by atoms with Crippen LogP contribution < -0.4 is 11.3 Å². The van der Waals surface area contributed by atoms with Crippen LogP contribution in [0, 0.1) is 0 Å². The minimum Gasteiger partial charge on any atom is -0.378 e. The molecular weight excluding hydrogens is 248 g/mol. The predicted molar refractivity (Wildman–Crippen MR) is 83.5 cm³/mol. The van der Waals surface area contributed by atoms with Crippen molar-refractivity contribution < 1.29 is 4.74 Å². The van der Waals surface area contributed by atoms with Gasteiger partial charge in [-0.1, -0.05) is 31.2 Å². The third kappa shape index (κ3) is 4.89. The number of nitrogens with two attached hydrogens (primary N) is 1. The number of aryl methyl sites for hydroxylation is 1. The van der Waals surface area contributed by atoms with Gasteiger partial charge in [-0.2, -0.15) is 0 Å². The third-order valence-corrected chi connectivity index (χ3v) is 4.26. The highest BCUT2D eigenvalue weighted by atomic mass is 16.5. The van der Waals surface area contributed by atoms with Gasteiger partial charge in [-0.05, 0) is 56.1 Å². The first-order valence-corrected chi connectivity index (χ1v) is 7.97.